The van der Waals surface area contributed by atoms with Crippen LogP contribution in [0.3, 0.4) is 0 Å². The van der Waals surface area contributed by atoms with Gasteiger partial charge in [-0.05, 0) is 54.7 Å². The molecule has 2 amide bonds. The fraction of sp³-hybridized carbons (Fsp3) is 0.391. The quantitative estimate of drug-likeness (QED) is 0.539. The van der Waals surface area contributed by atoms with Crippen molar-refractivity contribution in [1.82, 2.24) is 0 Å². The molecule has 31 heavy (non-hydrogen) atoms. The number of ether oxygens (including phenoxy) is 1. The van der Waals surface area contributed by atoms with Crippen molar-refractivity contribution in [2.45, 2.75) is 37.5 Å². The number of hydrogen-bond donors (Lipinski definition) is 4. The van der Waals surface area contributed by atoms with Gasteiger partial charge in [-0.3, -0.25) is 9.59 Å². The van der Waals surface area contributed by atoms with Crippen LogP contribution in [0.1, 0.15) is 25.3 Å². The average molecular weight is 425 g/mol. The van der Waals surface area contributed by atoms with Gasteiger partial charge in [-0.25, -0.2) is 0 Å². The van der Waals surface area contributed by atoms with Crippen LogP contribution in [0.15, 0.2) is 48.5 Å². The maximum Gasteiger partial charge on any atom is 0.259 e. The number of morpholine rings is 1. The minimum atomic E-state index is -1.65. The Morgan fingerprint density at radius 3 is 2.65 bits per heavy atom. The smallest absolute Gasteiger partial charge is 0.259 e. The van der Waals surface area contributed by atoms with Crippen molar-refractivity contribution >= 4 is 28.9 Å². The van der Waals surface area contributed by atoms with Crippen molar-refractivity contribution in [2.24, 2.45) is 11.7 Å². The number of nitrogens with one attached hydrogen (secondary N) is 1. The molecular weight excluding hydrogens is 396 g/mol. The Hall–Kier alpha value is -2.94. The monoisotopic (exact) mass is 424 g/mol. The van der Waals surface area contributed by atoms with Gasteiger partial charge in [0.05, 0.1) is 6.61 Å². The third-order valence-corrected chi connectivity index (χ3v) is 6.42. The van der Waals surface area contributed by atoms with E-state index < -0.39 is 24.0 Å². The Morgan fingerprint density at radius 1 is 1.29 bits per heavy atom. The standard InChI is InChI=1S/C23H28N4O4/c1-14-9-10-23(14,25)15-5-7-17(8-6-15)26-21(29)19(28)20-22(30)27(11-12-31-20)18-4-2-3-16(24)13-18/h2-8,13-14,19-20,28H,9-12,24-25H2,1H3,(H,26,29)/t14?,19-,20-,23?/m1/s1. The van der Waals surface area contributed by atoms with Gasteiger partial charge in [0.2, 0.25) is 0 Å². The summed E-state index contributed by atoms with van der Waals surface area (Å²) >= 11 is 0. The lowest BCUT2D eigenvalue weighted by molar-refractivity contribution is -0.150. The van der Waals surface area contributed by atoms with E-state index in [4.69, 9.17) is 16.2 Å². The first-order chi connectivity index (χ1) is 14.8. The number of rotatable bonds is 5. The van der Waals surface area contributed by atoms with Gasteiger partial charge < -0.3 is 31.5 Å². The summed E-state index contributed by atoms with van der Waals surface area (Å²) in [5.74, 6) is -0.786. The fourth-order valence-electron chi connectivity index (χ4n) is 4.17. The van der Waals surface area contributed by atoms with Crippen molar-refractivity contribution in [3.05, 3.63) is 54.1 Å². The number of anilines is 3. The maximum absolute atomic E-state index is 12.9. The molecule has 2 aromatic carbocycles. The Bertz CT molecular complexity index is 980. The molecule has 1 aliphatic heterocycles. The van der Waals surface area contributed by atoms with Gasteiger partial charge in [-0.2, -0.15) is 0 Å². The number of aliphatic hydroxyl groups is 1. The van der Waals surface area contributed by atoms with Crippen LogP contribution < -0.4 is 21.7 Å². The molecule has 2 aromatic rings. The number of nitrogen functional groups attached to an aromatic ring is 1. The lowest BCUT2D eigenvalue weighted by Gasteiger charge is -2.45. The zero-order chi connectivity index (χ0) is 22.2. The van der Waals surface area contributed by atoms with E-state index in [1.165, 1.54) is 4.90 Å². The Morgan fingerprint density at radius 2 is 2.03 bits per heavy atom. The van der Waals surface area contributed by atoms with Crippen molar-refractivity contribution in [2.75, 3.05) is 29.1 Å². The van der Waals surface area contributed by atoms with E-state index in [-0.39, 0.29) is 12.1 Å². The normalized spacial score (nSPS) is 26.8. The van der Waals surface area contributed by atoms with Crippen molar-refractivity contribution in [3.8, 4) is 0 Å². The second-order valence-electron chi connectivity index (χ2n) is 8.37. The number of carbonyl (C=O) groups excluding carboxylic acids is 2. The average Bonchev–Trinajstić information content (AvgIpc) is 2.77. The van der Waals surface area contributed by atoms with Gasteiger partial charge in [0.15, 0.2) is 12.2 Å². The molecule has 0 radical (unpaired) electrons. The number of hydrogen-bond acceptors (Lipinski definition) is 6. The number of aliphatic hydroxyl groups excluding tert-OH is 1. The van der Waals surface area contributed by atoms with Gasteiger partial charge in [0.1, 0.15) is 0 Å². The SMILES string of the molecule is CC1CCC1(N)c1ccc(NC(=O)[C@H](O)[C@H]2OCCN(c3cccc(N)c3)C2=O)cc1. The van der Waals surface area contributed by atoms with Crippen LogP contribution in [0, 0.1) is 5.92 Å². The predicted octanol–water partition coefficient (Wildman–Crippen LogP) is 1.58. The zero-order valence-corrected chi connectivity index (χ0v) is 17.5. The first-order valence-corrected chi connectivity index (χ1v) is 10.5. The summed E-state index contributed by atoms with van der Waals surface area (Å²) in [6.45, 7) is 2.64. The van der Waals surface area contributed by atoms with Crippen molar-refractivity contribution in [3.63, 3.8) is 0 Å². The molecule has 2 unspecified atom stereocenters. The van der Waals surface area contributed by atoms with E-state index in [0.29, 0.717) is 29.5 Å². The van der Waals surface area contributed by atoms with Crippen LogP contribution in [0.4, 0.5) is 17.1 Å². The summed E-state index contributed by atoms with van der Waals surface area (Å²) in [7, 11) is 0. The molecule has 1 heterocycles. The van der Waals surface area contributed by atoms with Gasteiger partial charge in [-0.1, -0.05) is 25.1 Å². The maximum atomic E-state index is 12.9. The highest BCUT2D eigenvalue weighted by Crippen LogP contribution is 2.44. The van der Waals surface area contributed by atoms with Crippen LogP contribution in [0.25, 0.3) is 0 Å². The Balaban J connectivity index is 1.42. The minimum absolute atomic E-state index is 0.195. The van der Waals surface area contributed by atoms with E-state index in [2.05, 4.69) is 12.2 Å². The largest absolute Gasteiger partial charge is 0.399 e. The minimum Gasteiger partial charge on any atom is -0.399 e. The first-order valence-electron chi connectivity index (χ1n) is 10.5. The lowest BCUT2D eigenvalue weighted by Crippen LogP contribution is -2.55. The fourth-order valence-corrected chi connectivity index (χ4v) is 4.17. The van der Waals surface area contributed by atoms with Crippen LogP contribution in [0.2, 0.25) is 0 Å². The molecule has 2 aliphatic rings. The molecule has 0 aromatic heterocycles. The number of nitrogens with zero attached hydrogens (tertiary/aromatic N) is 1. The summed E-state index contributed by atoms with van der Waals surface area (Å²) < 4.78 is 5.44. The molecule has 8 heteroatoms. The van der Waals surface area contributed by atoms with Gasteiger partial charge >= 0.3 is 0 Å². The van der Waals surface area contributed by atoms with Gasteiger partial charge in [0.25, 0.3) is 11.8 Å². The highest BCUT2D eigenvalue weighted by molar-refractivity contribution is 6.03. The molecule has 2 fully saturated rings. The van der Waals surface area contributed by atoms with Crippen LogP contribution >= 0.6 is 0 Å². The zero-order valence-electron chi connectivity index (χ0n) is 17.5. The van der Waals surface area contributed by atoms with Crippen molar-refractivity contribution < 1.29 is 19.4 Å². The molecule has 0 spiro atoms. The second kappa shape index (κ2) is 8.30. The number of nitrogens with two attached hydrogens (primary N) is 2. The van der Waals surface area contributed by atoms with E-state index in [1.807, 2.05) is 12.1 Å². The summed E-state index contributed by atoms with van der Waals surface area (Å²) in [4.78, 5) is 26.9. The molecule has 1 aliphatic carbocycles. The summed E-state index contributed by atoms with van der Waals surface area (Å²) in [6, 6.07) is 14.2. The van der Waals surface area contributed by atoms with Gasteiger partial charge in [-0.15, -0.1) is 0 Å². The second-order valence-corrected chi connectivity index (χ2v) is 8.37. The van der Waals surface area contributed by atoms with Crippen LogP contribution in [-0.4, -0.2) is 42.3 Å². The van der Waals surface area contributed by atoms with Gasteiger partial charge in [0, 0.05) is 29.1 Å². The Kier molecular flexibility index (Phi) is 5.70. The van der Waals surface area contributed by atoms with E-state index >= 15 is 0 Å². The number of carbonyl (C=O) groups is 2. The van der Waals surface area contributed by atoms with E-state index in [9.17, 15) is 14.7 Å². The summed E-state index contributed by atoms with van der Waals surface area (Å²) in [5.41, 5.74) is 14.6. The molecule has 8 nitrogen and oxygen atoms in total. The lowest BCUT2D eigenvalue weighted by atomic mass is 9.64. The predicted molar refractivity (Wildman–Crippen MR) is 118 cm³/mol. The molecule has 1 saturated heterocycles. The molecule has 164 valence electrons. The topological polar surface area (TPSA) is 131 Å². The van der Waals surface area contributed by atoms with E-state index in [0.717, 1.165) is 18.4 Å². The molecule has 1 saturated carbocycles. The number of benzene rings is 2. The molecule has 6 N–H and O–H groups in total. The van der Waals surface area contributed by atoms with E-state index in [1.54, 1.807) is 36.4 Å². The highest BCUT2D eigenvalue weighted by Gasteiger charge is 2.42. The van der Waals surface area contributed by atoms with Crippen LogP contribution in [-0.2, 0) is 19.9 Å². The van der Waals surface area contributed by atoms with Crippen molar-refractivity contribution in [1.29, 1.82) is 0 Å². The van der Waals surface area contributed by atoms with Crippen LogP contribution in [0.5, 0.6) is 0 Å². The molecule has 0 bridgehead atoms. The summed E-state index contributed by atoms with van der Waals surface area (Å²) in [6.07, 6.45) is -0.909. The number of amides is 2. The molecule has 4 atom stereocenters. The third kappa shape index (κ3) is 4.01. The first kappa shape index (κ1) is 21.3. The highest BCUT2D eigenvalue weighted by atomic mass is 16.5. The third-order valence-electron chi connectivity index (χ3n) is 6.42. The molecule has 4 rings (SSSR count). The summed E-state index contributed by atoms with van der Waals surface area (Å²) in [5, 5.41) is 13.2. The molecular formula is C23H28N4O4. The Labute approximate surface area is 181 Å².